The van der Waals surface area contributed by atoms with Crippen LogP contribution in [0.5, 0.6) is 0 Å². The monoisotopic (exact) mass is 259 g/mol. The first kappa shape index (κ1) is 13.0. The molecule has 1 aromatic carbocycles. The van der Waals surface area contributed by atoms with Gasteiger partial charge in [-0.1, -0.05) is 12.1 Å². The summed E-state index contributed by atoms with van der Waals surface area (Å²) in [5.41, 5.74) is 2.43. The molecular weight excluding hydrogens is 245 g/mol. The molecule has 1 aromatic heterocycles. The fourth-order valence-electron chi connectivity index (χ4n) is 1.55. The van der Waals surface area contributed by atoms with Crippen molar-refractivity contribution in [3.63, 3.8) is 0 Å². The molecule has 0 saturated carbocycles. The Bertz CT molecular complexity index is 631. The van der Waals surface area contributed by atoms with E-state index in [0.717, 1.165) is 11.3 Å². The lowest BCUT2D eigenvalue weighted by molar-refractivity contribution is -0.111. The van der Waals surface area contributed by atoms with E-state index in [0.29, 0.717) is 11.4 Å². The van der Waals surface area contributed by atoms with Crippen molar-refractivity contribution in [3.8, 4) is 0 Å². The summed E-state index contributed by atoms with van der Waals surface area (Å²) in [6.45, 7) is 3.74. The Morgan fingerprint density at radius 3 is 2.84 bits per heavy atom. The Morgan fingerprint density at radius 1 is 1.42 bits per heavy atom. The molecule has 0 radical (unpaired) electrons. The normalized spacial score (nSPS) is 10.9. The van der Waals surface area contributed by atoms with E-state index in [1.807, 2.05) is 13.8 Å². The third-order valence-corrected chi connectivity index (χ3v) is 2.77. The van der Waals surface area contributed by atoms with Crippen molar-refractivity contribution in [2.45, 2.75) is 13.8 Å². The van der Waals surface area contributed by atoms with Crippen LogP contribution in [0.15, 0.2) is 30.3 Å². The fraction of sp³-hybridized carbons (Fsp3) is 0.143. The van der Waals surface area contributed by atoms with Crippen LogP contribution in [0.3, 0.4) is 0 Å². The Labute approximate surface area is 110 Å². The predicted molar refractivity (Wildman–Crippen MR) is 72.1 cm³/mol. The van der Waals surface area contributed by atoms with E-state index in [4.69, 9.17) is 0 Å². The number of nitrogens with zero attached hydrogens (tertiary/aromatic N) is 1. The lowest BCUT2D eigenvalue weighted by atomic mass is 10.2. The van der Waals surface area contributed by atoms with Crippen LogP contribution in [0.2, 0.25) is 0 Å². The Hall–Kier alpha value is -2.43. The molecule has 0 aliphatic carbocycles. The van der Waals surface area contributed by atoms with Gasteiger partial charge in [-0.15, -0.1) is 0 Å². The van der Waals surface area contributed by atoms with Gasteiger partial charge in [-0.05, 0) is 37.6 Å². The average molecular weight is 259 g/mol. The predicted octanol–water partition coefficient (Wildman–Crippen LogP) is 2.82. The second-order valence-electron chi connectivity index (χ2n) is 4.20. The van der Waals surface area contributed by atoms with Crippen molar-refractivity contribution < 1.29 is 9.18 Å². The molecule has 19 heavy (non-hydrogen) atoms. The van der Waals surface area contributed by atoms with Crippen LogP contribution in [0.4, 0.5) is 10.2 Å². The van der Waals surface area contributed by atoms with Crippen molar-refractivity contribution in [1.82, 2.24) is 10.2 Å². The number of halogens is 1. The van der Waals surface area contributed by atoms with Gasteiger partial charge in [0.2, 0.25) is 5.91 Å². The molecule has 0 unspecified atom stereocenters. The van der Waals surface area contributed by atoms with Crippen molar-refractivity contribution in [2.75, 3.05) is 5.32 Å². The molecule has 5 heteroatoms. The Kier molecular flexibility index (Phi) is 3.75. The number of nitrogens with one attached hydrogen (secondary N) is 2. The summed E-state index contributed by atoms with van der Waals surface area (Å²) in [6.07, 6.45) is 2.89. The second kappa shape index (κ2) is 5.48. The molecule has 0 fully saturated rings. The fourth-order valence-corrected chi connectivity index (χ4v) is 1.55. The van der Waals surface area contributed by atoms with Crippen LogP contribution in [0.25, 0.3) is 6.08 Å². The number of benzene rings is 1. The van der Waals surface area contributed by atoms with Crippen molar-refractivity contribution in [3.05, 3.63) is 53.0 Å². The summed E-state index contributed by atoms with van der Waals surface area (Å²) >= 11 is 0. The maximum atomic E-state index is 12.9. The van der Waals surface area contributed by atoms with Gasteiger partial charge in [-0.3, -0.25) is 9.89 Å². The summed E-state index contributed by atoms with van der Waals surface area (Å²) < 4.78 is 12.9. The highest BCUT2D eigenvalue weighted by molar-refractivity contribution is 6.01. The number of hydrogen-bond acceptors (Lipinski definition) is 2. The van der Waals surface area contributed by atoms with Crippen LogP contribution in [0, 0.1) is 19.7 Å². The quantitative estimate of drug-likeness (QED) is 0.833. The molecule has 98 valence electrons. The minimum Gasteiger partial charge on any atom is -0.305 e. The number of carbonyl (C=O) groups excluding carboxylic acids is 1. The lowest BCUT2D eigenvalue weighted by Crippen LogP contribution is -2.09. The number of aromatic amines is 1. The zero-order chi connectivity index (χ0) is 13.8. The van der Waals surface area contributed by atoms with E-state index in [9.17, 15) is 9.18 Å². The zero-order valence-corrected chi connectivity index (χ0v) is 10.7. The molecule has 0 saturated heterocycles. The SMILES string of the molecule is Cc1[nH]nc(NC(=O)/C=C/c2cccc(F)c2)c1C. The highest BCUT2D eigenvalue weighted by atomic mass is 19.1. The second-order valence-corrected chi connectivity index (χ2v) is 4.20. The maximum absolute atomic E-state index is 12.9. The van der Waals surface area contributed by atoms with Crippen molar-refractivity contribution >= 4 is 17.8 Å². The van der Waals surface area contributed by atoms with Gasteiger partial charge in [0.05, 0.1) is 0 Å². The molecule has 0 bridgehead atoms. The number of aryl methyl sites for hydroxylation is 1. The van der Waals surface area contributed by atoms with Crippen LogP contribution in [0.1, 0.15) is 16.8 Å². The van der Waals surface area contributed by atoms with Gasteiger partial charge in [0.15, 0.2) is 5.82 Å². The zero-order valence-electron chi connectivity index (χ0n) is 10.7. The Morgan fingerprint density at radius 2 is 2.21 bits per heavy atom. The van der Waals surface area contributed by atoms with Gasteiger partial charge in [0.25, 0.3) is 0 Å². The summed E-state index contributed by atoms with van der Waals surface area (Å²) in [7, 11) is 0. The summed E-state index contributed by atoms with van der Waals surface area (Å²) in [5.74, 6) is -0.133. The molecule has 0 aliphatic rings. The van der Waals surface area contributed by atoms with E-state index in [-0.39, 0.29) is 11.7 Å². The number of H-pyrrole nitrogens is 1. The molecule has 1 amide bonds. The van der Waals surface area contributed by atoms with Crippen molar-refractivity contribution in [2.24, 2.45) is 0 Å². The number of carbonyl (C=O) groups is 1. The standard InChI is InChI=1S/C14H14FN3O/c1-9-10(2)17-18-14(9)16-13(19)7-6-11-4-3-5-12(15)8-11/h3-8H,1-2H3,(H2,16,17,18,19)/b7-6+. The van der Waals surface area contributed by atoms with Crippen LogP contribution in [-0.2, 0) is 4.79 Å². The summed E-state index contributed by atoms with van der Waals surface area (Å²) in [4.78, 5) is 11.7. The number of hydrogen-bond donors (Lipinski definition) is 2. The molecule has 2 rings (SSSR count). The third-order valence-electron chi connectivity index (χ3n) is 2.77. The molecule has 4 nitrogen and oxygen atoms in total. The van der Waals surface area contributed by atoms with E-state index in [2.05, 4.69) is 15.5 Å². The number of rotatable bonds is 3. The highest BCUT2D eigenvalue weighted by Gasteiger charge is 2.06. The van der Waals surface area contributed by atoms with E-state index < -0.39 is 0 Å². The first-order valence-corrected chi connectivity index (χ1v) is 5.82. The van der Waals surface area contributed by atoms with Gasteiger partial charge in [0, 0.05) is 17.3 Å². The number of aromatic nitrogens is 2. The van der Waals surface area contributed by atoms with E-state index >= 15 is 0 Å². The largest absolute Gasteiger partial charge is 0.305 e. The van der Waals surface area contributed by atoms with Gasteiger partial charge < -0.3 is 5.32 Å². The summed E-state index contributed by atoms with van der Waals surface area (Å²) in [6, 6.07) is 6.02. The topological polar surface area (TPSA) is 57.8 Å². The summed E-state index contributed by atoms with van der Waals surface area (Å²) in [5, 5.41) is 9.41. The molecule has 2 N–H and O–H groups in total. The first-order chi connectivity index (χ1) is 9.06. The van der Waals surface area contributed by atoms with Crippen LogP contribution >= 0.6 is 0 Å². The van der Waals surface area contributed by atoms with Gasteiger partial charge in [-0.2, -0.15) is 5.10 Å². The first-order valence-electron chi connectivity index (χ1n) is 5.82. The number of anilines is 1. The lowest BCUT2D eigenvalue weighted by Gasteiger charge is -1.99. The molecule has 0 spiro atoms. The molecular formula is C14H14FN3O. The van der Waals surface area contributed by atoms with Gasteiger partial charge in [-0.25, -0.2) is 4.39 Å². The highest BCUT2D eigenvalue weighted by Crippen LogP contribution is 2.13. The van der Waals surface area contributed by atoms with Crippen molar-refractivity contribution in [1.29, 1.82) is 0 Å². The smallest absolute Gasteiger partial charge is 0.249 e. The van der Waals surface area contributed by atoms with E-state index in [1.54, 1.807) is 18.2 Å². The van der Waals surface area contributed by atoms with Gasteiger partial charge in [0.1, 0.15) is 5.82 Å². The maximum Gasteiger partial charge on any atom is 0.249 e. The third kappa shape index (κ3) is 3.28. The number of amides is 1. The van der Waals surface area contributed by atoms with Crippen LogP contribution in [-0.4, -0.2) is 16.1 Å². The molecule has 0 atom stereocenters. The van der Waals surface area contributed by atoms with E-state index in [1.165, 1.54) is 18.2 Å². The van der Waals surface area contributed by atoms with Gasteiger partial charge >= 0.3 is 0 Å². The minimum absolute atomic E-state index is 0.307. The molecule has 2 aromatic rings. The molecule has 0 aliphatic heterocycles. The minimum atomic E-state index is -0.332. The Balaban J connectivity index is 2.04. The average Bonchev–Trinajstić information content (AvgIpc) is 2.69. The van der Waals surface area contributed by atoms with Crippen LogP contribution < -0.4 is 5.32 Å². The molecule has 1 heterocycles.